The average Bonchev–Trinajstić information content (AvgIpc) is 2.70. The van der Waals surface area contributed by atoms with Crippen LogP contribution in [0.5, 0.6) is 0 Å². The van der Waals surface area contributed by atoms with Crippen LogP contribution >= 0.6 is 0 Å². The number of nitrogen functional groups attached to an aromatic ring is 1. The van der Waals surface area contributed by atoms with Gasteiger partial charge >= 0.3 is 0 Å². The summed E-state index contributed by atoms with van der Waals surface area (Å²) in [5.74, 6) is 0. The number of H-pyrrole nitrogens is 1. The zero-order valence-corrected chi connectivity index (χ0v) is 9.03. The topological polar surface area (TPSA) is 101 Å². The number of hydrogen-bond acceptors (Lipinski definition) is 4. The monoisotopic (exact) mass is 238 g/mol. The highest BCUT2D eigenvalue weighted by atomic mass is 32.2. The highest BCUT2D eigenvalue weighted by Gasteiger charge is 2.14. The quantitative estimate of drug-likeness (QED) is 0.688. The number of aromatic amines is 1. The maximum atomic E-state index is 11.8. The van der Waals surface area contributed by atoms with Crippen molar-refractivity contribution in [3.8, 4) is 0 Å². The Bertz CT molecular complexity index is 577. The third-order valence-corrected chi connectivity index (χ3v) is 3.30. The third-order valence-electron chi connectivity index (χ3n) is 1.92. The van der Waals surface area contributed by atoms with E-state index in [4.69, 9.17) is 5.73 Å². The molecule has 2 rings (SSSR count). The largest absolute Gasteiger partial charge is 0.399 e. The number of rotatable bonds is 3. The van der Waals surface area contributed by atoms with Crippen LogP contribution in [0.3, 0.4) is 0 Å². The first-order valence-corrected chi connectivity index (χ1v) is 5.93. The molecule has 0 aliphatic rings. The second kappa shape index (κ2) is 3.86. The highest BCUT2D eigenvalue weighted by molar-refractivity contribution is 7.92. The molecule has 2 aromatic rings. The highest BCUT2D eigenvalue weighted by Crippen LogP contribution is 2.16. The van der Waals surface area contributed by atoms with Crippen LogP contribution in [0.1, 0.15) is 0 Å². The lowest BCUT2D eigenvalue weighted by Crippen LogP contribution is -2.12. The summed E-state index contributed by atoms with van der Waals surface area (Å²) in [6.45, 7) is 0. The Morgan fingerprint density at radius 1 is 1.38 bits per heavy atom. The van der Waals surface area contributed by atoms with Gasteiger partial charge in [0.15, 0.2) is 0 Å². The predicted octanol–water partition coefficient (Wildman–Crippen LogP) is 0.793. The molecule has 1 aromatic heterocycles. The van der Waals surface area contributed by atoms with Gasteiger partial charge in [0, 0.05) is 11.9 Å². The Morgan fingerprint density at radius 3 is 2.81 bits per heavy atom. The lowest BCUT2D eigenvalue weighted by atomic mass is 10.3. The molecular formula is C9H10N4O2S. The maximum Gasteiger partial charge on any atom is 0.262 e. The Hall–Kier alpha value is -2.02. The lowest BCUT2D eigenvalue weighted by Gasteiger charge is -2.05. The van der Waals surface area contributed by atoms with Crippen molar-refractivity contribution in [2.75, 3.05) is 10.5 Å². The molecule has 0 aliphatic carbocycles. The van der Waals surface area contributed by atoms with Crippen LogP contribution in [0.4, 0.5) is 11.4 Å². The SMILES string of the molecule is Nc1cccc(S(=O)(=O)Nc2cn[nH]c2)c1. The van der Waals surface area contributed by atoms with Gasteiger partial charge in [-0.2, -0.15) is 5.10 Å². The number of aromatic nitrogens is 2. The van der Waals surface area contributed by atoms with Gasteiger partial charge in [-0.15, -0.1) is 0 Å². The van der Waals surface area contributed by atoms with Gasteiger partial charge in [-0.25, -0.2) is 8.42 Å². The zero-order valence-electron chi connectivity index (χ0n) is 8.21. The van der Waals surface area contributed by atoms with E-state index in [1.54, 1.807) is 12.1 Å². The smallest absolute Gasteiger partial charge is 0.262 e. The molecule has 0 amide bonds. The molecule has 84 valence electrons. The van der Waals surface area contributed by atoms with Crippen LogP contribution in [0, 0.1) is 0 Å². The van der Waals surface area contributed by atoms with E-state index in [1.165, 1.54) is 24.5 Å². The van der Waals surface area contributed by atoms with Gasteiger partial charge < -0.3 is 5.73 Å². The van der Waals surface area contributed by atoms with E-state index in [0.29, 0.717) is 11.4 Å². The average molecular weight is 238 g/mol. The normalized spacial score (nSPS) is 11.2. The summed E-state index contributed by atoms with van der Waals surface area (Å²) in [6, 6.07) is 6.07. The van der Waals surface area contributed by atoms with Crippen molar-refractivity contribution in [1.82, 2.24) is 10.2 Å². The standard InChI is InChI=1S/C9H10N4O2S/c10-7-2-1-3-9(4-7)16(14,15)13-8-5-11-12-6-8/h1-6,13H,10H2,(H,11,12). The first-order valence-electron chi connectivity index (χ1n) is 4.45. The van der Waals surface area contributed by atoms with E-state index >= 15 is 0 Å². The van der Waals surface area contributed by atoms with Gasteiger partial charge in [0.2, 0.25) is 0 Å². The van der Waals surface area contributed by atoms with Crippen molar-refractivity contribution in [3.05, 3.63) is 36.7 Å². The third kappa shape index (κ3) is 2.14. The molecular weight excluding hydrogens is 228 g/mol. The minimum absolute atomic E-state index is 0.119. The number of benzene rings is 1. The van der Waals surface area contributed by atoms with Crippen LogP contribution in [0.15, 0.2) is 41.6 Å². The van der Waals surface area contributed by atoms with Crippen molar-refractivity contribution in [2.45, 2.75) is 4.90 Å². The minimum Gasteiger partial charge on any atom is -0.399 e. The Labute approximate surface area is 92.5 Å². The van der Waals surface area contributed by atoms with E-state index < -0.39 is 10.0 Å². The number of nitrogens with zero attached hydrogens (tertiary/aromatic N) is 1. The molecule has 0 spiro atoms. The number of nitrogens with two attached hydrogens (primary N) is 1. The summed E-state index contributed by atoms with van der Waals surface area (Å²) in [5, 5.41) is 6.15. The molecule has 0 aliphatic heterocycles. The van der Waals surface area contributed by atoms with E-state index in [-0.39, 0.29) is 4.90 Å². The van der Waals surface area contributed by atoms with Crippen molar-refractivity contribution in [2.24, 2.45) is 0 Å². The summed E-state index contributed by atoms with van der Waals surface area (Å²) in [7, 11) is -3.60. The maximum absolute atomic E-state index is 11.8. The van der Waals surface area contributed by atoms with Crippen LogP contribution in [-0.2, 0) is 10.0 Å². The summed E-state index contributed by atoms with van der Waals surface area (Å²) in [6.07, 6.45) is 2.83. The molecule has 0 unspecified atom stereocenters. The fourth-order valence-electron chi connectivity index (χ4n) is 1.20. The van der Waals surface area contributed by atoms with Gasteiger partial charge in [0.25, 0.3) is 10.0 Å². The molecule has 0 bridgehead atoms. The molecule has 0 saturated carbocycles. The predicted molar refractivity (Wildman–Crippen MR) is 60.3 cm³/mol. The summed E-state index contributed by atoms with van der Waals surface area (Å²) in [5.41, 5.74) is 6.29. The van der Waals surface area contributed by atoms with Gasteiger partial charge in [-0.1, -0.05) is 6.07 Å². The Kier molecular flexibility index (Phi) is 2.53. The lowest BCUT2D eigenvalue weighted by molar-refractivity contribution is 0.601. The van der Waals surface area contributed by atoms with Gasteiger partial charge in [-0.05, 0) is 18.2 Å². The van der Waals surface area contributed by atoms with Crippen LogP contribution in [-0.4, -0.2) is 18.6 Å². The van der Waals surface area contributed by atoms with Gasteiger partial charge in [0.05, 0.1) is 16.8 Å². The fraction of sp³-hybridized carbons (Fsp3) is 0. The second-order valence-electron chi connectivity index (χ2n) is 3.16. The van der Waals surface area contributed by atoms with Crippen LogP contribution < -0.4 is 10.5 Å². The van der Waals surface area contributed by atoms with Crippen molar-refractivity contribution in [3.63, 3.8) is 0 Å². The van der Waals surface area contributed by atoms with E-state index in [9.17, 15) is 8.42 Å². The molecule has 1 heterocycles. The van der Waals surface area contributed by atoms with Gasteiger partial charge in [-0.3, -0.25) is 9.82 Å². The molecule has 7 heteroatoms. The molecule has 0 fully saturated rings. The van der Waals surface area contributed by atoms with Crippen molar-refractivity contribution in [1.29, 1.82) is 0 Å². The molecule has 4 N–H and O–H groups in total. The van der Waals surface area contributed by atoms with E-state index in [0.717, 1.165) is 0 Å². The Balaban J connectivity index is 2.33. The van der Waals surface area contributed by atoms with Gasteiger partial charge in [0.1, 0.15) is 0 Å². The summed E-state index contributed by atoms with van der Waals surface area (Å²) in [4.78, 5) is 0.119. The number of anilines is 2. The first-order chi connectivity index (χ1) is 7.58. The van der Waals surface area contributed by atoms with Crippen molar-refractivity contribution >= 4 is 21.4 Å². The minimum atomic E-state index is -3.60. The first kappa shape index (κ1) is 10.5. The van der Waals surface area contributed by atoms with Crippen LogP contribution in [0.25, 0.3) is 0 Å². The molecule has 0 radical (unpaired) electrons. The molecule has 0 atom stereocenters. The number of sulfonamides is 1. The summed E-state index contributed by atoms with van der Waals surface area (Å²) < 4.78 is 26.1. The molecule has 0 saturated heterocycles. The zero-order chi connectivity index (χ0) is 11.6. The molecule has 16 heavy (non-hydrogen) atoms. The summed E-state index contributed by atoms with van der Waals surface area (Å²) >= 11 is 0. The second-order valence-corrected chi connectivity index (χ2v) is 4.85. The Morgan fingerprint density at radius 2 is 2.19 bits per heavy atom. The molecule has 1 aromatic carbocycles. The fourth-order valence-corrected chi connectivity index (χ4v) is 2.29. The van der Waals surface area contributed by atoms with Crippen LogP contribution in [0.2, 0.25) is 0 Å². The molecule has 6 nitrogen and oxygen atoms in total. The van der Waals surface area contributed by atoms with Crippen molar-refractivity contribution < 1.29 is 8.42 Å². The van der Waals surface area contributed by atoms with E-state index in [1.807, 2.05) is 0 Å². The number of hydrogen-bond donors (Lipinski definition) is 3. The number of nitrogens with one attached hydrogen (secondary N) is 2. The van der Waals surface area contributed by atoms with E-state index in [2.05, 4.69) is 14.9 Å².